The van der Waals surface area contributed by atoms with E-state index in [0.717, 1.165) is 5.56 Å². The highest BCUT2D eigenvalue weighted by Gasteiger charge is 2.43. The lowest BCUT2D eigenvalue weighted by Gasteiger charge is -2.23. The molecule has 1 unspecified atom stereocenters. The summed E-state index contributed by atoms with van der Waals surface area (Å²) in [6, 6.07) is 4.74. The van der Waals surface area contributed by atoms with Crippen LogP contribution in [0.3, 0.4) is 0 Å². The number of Topliss-reactive ketones (excluding diaryl/α,β-unsaturated/α-hetero) is 1. The van der Waals surface area contributed by atoms with Gasteiger partial charge in [0, 0.05) is 6.07 Å². The van der Waals surface area contributed by atoms with E-state index in [9.17, 15) is 26.4 Å². The van der Waals surface area contributed by atoms with Crippen molar-refractivity contribution in [3.05, 3.63) is 52.6 Å². The Kier molecular flexibility index (Phi) is 5.83. The second-order valence-corrected chi connectivity index (χ2v) is 8.77. The van der Waals surface area contributed by atoms with Gasteiger partial charge < -0.3 is 9.47 Å². The molecule has 1 heterocycles. The van der Waals surface area contributed by atoms with Gasteiger partial charge in [0.2, 0.25) is 15.8 Å². The Hall–Kier alpha value is -2.59. The first-order chi connectivity index (χ1) is 13.9. The lowest BCUT2D eigenvalue weighted by atomic mass is 10.1. The fourth-order valence-electron chi connectivity index (χ4n) is 3.38. The van der Waals surface area contributed by atoms with Crippen LogP contribution in [0, 0.1) is 20.8 Å². The van der Waals surface area contributed by atoms with Crippen molar-refractivity contribution in [1.29, 1.82) is 0 Å². The molecule has 0 fully saturated rings. The summed E-state index contributed by atoms with van der Waals surface area (Å²) in [5.41, 5.74) is 1.82. The van der Waals surface area contributed by atoms with Crippen LogP contribution in [0.2, 0.25) is 0 Å². The standard InChI is InChI=1S/C20H20F3NO5S/c1-11-6-12(2)19(13(3)7-11)30(26,27)24-18(20(21,22)23)10-28-14-4-5-15-16(25)9-29-17(15)8-14/h4-8,18,24H,9-10H2,1-3H3. The highest BCUT2D eigenvalue weighted by molar-refractivity contribution is 7.89. The third-order valence-corrected chi connectivity index (χ3v) is 6.37. The van der Waals surface area contributed by atoms with Gasteiger partial charge in [-0.15, -0.1) is 0 Å². The number of carbonyl (C=O) groups excluding carboxylic acids is 1. The summed E-state index contributed by atoms with van der Waals surface area (Å²) >= 11 is 0. The predicted molar refractivity (Wildman–Crippen MR) is 103 cm³/mol. The van der Waals surface area contributed by atoms with E-state index in [-0.39, 0.29) is 28.8 Å². The van der Waals surface area contributed by atoms with Crippen molar-refractivity contribution >= 4 is 15.8 Å². The Morgan fingerprint density at radius 2 is 1.77 bits per heavy atom. The molecule has 30 heavy (non-hydrogen) atoms. The Balaban J connectivity index is 1.81. The first-order valence-electron chi connectivity index (χ1n) is 8.98. The predicted octanol–water partition coefficient (Wildman–Crippen LogP) is 3.48. The number of ether oxygens (including phenoxy) is 2. The number of benzene rings is 2. The largest absolute Gasteiger partial charge is 0.491 e. The number of nitrogens with one attached hydrogen (secondary N) is 1. The van der Waals surface area contributed by atoms with Crippen molar-refractivity contribution in [3.63, 3.8) is 0 Å². The molecular weight excluding hydrogens is 423 g/mol. The molecule has 0 amide bonds. The zero-order chi connectivity index (χ0) is 22.3. The molecular formula is C20H20F3NO5S. The van der Waals surface area contributed by atoms with Gasteiger partial charge in [-0.3, -0.25) is 4.79 Å². The molecule has 0 saturated carbocycles. The Labute approximate surface area is 172 Å². The highest BCUT2D eigenvalue weighted by Crippen LogP contribution is 2.31. The van der Waals surface area contributed by atoms with Crippen molar-refractivity contribution in [2.75, 3.05) is 13.2 Å². The van der Waals surface area contributed by atoms with Crippen molar-refractivity contribution < 1.29 is 35.9 Å². The summed E-state index contributed by atoms with van der Waals surface area (Å²) in [4.78, 5) is 11.4. The maximum atomic E-state index is 13.5. The number of alkyl halides is 3. The van der Waals surface area contributed by atoms with Gasteiger partial charge >= 0.3 is 6.18 Å². The van der Waals surface area contributed by atoms with Gasteiger partial charge in [0.15, 0.2) is 12.6 Å². The van der Waals surface area contributed by atoms with E-state index < -0.39 is 28.8 Å². The number of carbonyl (C=O) groups is 1. The number of hydrogen-bond donors (Lipinski definition) is 1. The molecule has 10 heteroatoms. The van der Waals surface area contributed by atoms with Crippen LogP contribution in [0.4, 0.5) is 13.2 Å². The van der Waals surface area contributed by atoms with Gasteiger partial charge in [-0.1, -0.05) is 17.7 Å². The molecule has 0 aromatic heterocycles. The number of halogens is 3. The fourth-order valence-corrected chi connectivity index (χ4v) is 5.03. The van der Waals surface area contributed by atoms with Crippen LogP contribution < -0.4 is 14.2 Å². The molecule has 1 aliphatic heterocycles. The van der Waals surface area contributed by atoms with E-state index in [2.05, 4.69) is 0 Å². The quantitative estimate of drug-likeness (QED) is 0.739. The number of hydrogen-bond acceptors (Lipinski definition) is 5. The minimum Gasteiger partial charge on any atom is -0.491 e. The molecule has 1 N–H and O–H groups in total. The van der Waals surface area contributed by atoms with E-state index in [4.69, 9.17) is 9.47 Å². The molecule has 0 spiro atoms. The lowest BCUT2D eigenvalue weighted by molar-refractivity contribution is -0.157. The zero-order valence-electron chi connectivity index (χ0n) is 16.5. The molecule has 0 saturated heterocycles. The molecule has 1 atom stereocenters. The van der Waals surface area contributed by atoms with Gasteiger partial charge in [-0.2, -0.15) is 17.9 Å². The topological polar surface area (TPSA) is 81.7 Å². The number of aryl methyl sites for hydroxylation is 3. The first-order valence-corrected chi connectivity index (χ1v) is 10.5. The molecule has 162 valence electrons. The molecule has 0 bridgehead atoms. The number of fused-ring (bicyclic) bond motifs is 1. The molecule has 1 aliphatic rings. The van der Waals surface area contributed by atoms with Crippen LogP contribution in [0.5, 0.6) is 11.5 Å². The van der Waals surface area contributed by atoms with Crippen LogP contribution in [0.1, 0.15) is 27.0 Å². The van der Waals surface area contributed by atoms with Crippen LogP contribution in [-0.4, -0.2) is 39.6 Å². The summed E-state index contributed by atoms with van der Waals surface area (Å²) in [7, 11) is -4.46. The van der Waals surface area contributed by atoms with Gasteiger partial charge in [0.25, 0.3) is 0 Å². The smallest absolute Gasteiger partial charge is 0.408 e. The highest BCUT2D eigenvalue weighted by atomic mass is 32.2. The normalized spacial score (nSPS) is 14.9. The lowest BCUT2D eigenvalue weighted by Crippen LogP contribution is -2.49. The third-order valence-electron chi connectivity index (χ3n) is 4.59. The third kappa shape index (κ3) is 4.59. The van der Waals surface area contributed by atoms with Gasteiger partial charge in [-0.05, 0) is 44.0 Å². The van der Waals surface area contributed by atoms with Gasteiger partial charge in [0.1, 0.15) is 18.1 Å². The van der Waals surface area contributed by atoms with E-state index in [1.165, 1.54) is 32.0 Å². The minimum absolute atomic E-state index is 0.0274. The molecule has 2 aromatic carbocycles. The molecule has 6 nitrogen and oxygen atoms in total. The van der Waals surface area contributed by atoms with E-state index >= 15 is 0 Å². The van der Waals surface area contributed by atoms with Crippen LogP contribution in [0.25, 0.3) is 0 Å². The van der Waals surface area contributed by atoms with E-state index in [1.807, 2.05) is 0 Å². The number of rotatable bonds is 6. The second kappa shape index (κ2) is 7.92. The number of ketones is 1. The summed E-state index contributed by atoms with van der Waals surface area (Å²) in [6.45, 7) is 3.70. The Bertz CT molecular complexity index is 1070. The van der Waals surface area contributed by atoms with Crippen LogP contribution in [0.15, 0.2) is 35.2 Å². The Morgan fingerprint density at radius 3 is 2.37 bits per heavy atom. The maximum absolute atomic E-state index is 13.5. The molecule has 3 rings (SSSR count). The summed E-state index contributed by atoms with van der Waals surface area (Å²) < 4.78 is 78.1. The van der Waals surface area contributed by atoms with E-state index in [1.54, 1.807) is 23.8 Å². The molecule has 2 aromatic rings. The summed E-state index contributed by atoms with van der Waals surface area (Å²) in [6.07, 6.45) is -4.89. The van der Waals surface area contributed by atoms with Gasteiger partial charge in [-0.25, -0.2) is 8.42 Å². The van der Waals surface area contributed by atoms with Crippen molar-refractivity contribution in [3.8, 4) is 11.5 Å². The SMILES string of the molecule is Cc1cc(C)c(S(=O)(=O)NC(COc2ccc3c(c2)OCC3=O)C(F)(F)F)c(C)c1. The molecule has 0 aliphatic carbocycles. The average molecular weight is 443 g/mol. The van der Waals surface area contributed by atoms with Crippen molar-refractivity contribution in [2.24, 2.45) is 0 Å². The zero-order valence-corrected chi connectivity index (χ0v) is 17.3. The minimum atomic E-state index is -4.89. The monoisotopic (exact) mass is 443 g/mol. The fraction of sp³-hybridized carbons (Fsp3) is 0.350. The van der Waals surface area contributed by atoms with E-state index in [0.29, 0.717) is 16.7 Å². The van der Waals surface area contributed by atoms with Crippen molar-refractivity contribution in [1.82, 2.24) is 4.72 Å². The van der Waals surface area contributed by atoms with Crippen LogP contribution in [-0.2, 0) is 10.0 Å². The molecule has 0 radical (unpaired) electrons. The summed E-state index contributed by atoms with van der Waals surface area (Å²) in [5, 5.41) is 0. The number of sulfonamides is 1. The first kappa shape index (κ1) is 22.1. The van der Waals surface area contributed by atoms with Gasteiger partial charge in [0.05, 0.1) is 10.5 Å². The average Bonchev–Trinajstić information content (AvgIpc) is 2.97. The maximum Gasteiger partial charge on any atom is 0.408 e. The van der Waals surface area contributed by atoms with Crippen molar-refractivity contribution in [2.45, 2.75) is 37.9 Å². The van der Waals surface area contributed by atoms with Crippen LogP contribution >= 0.6 is 0 Å². The Morgan fingerprint density at radius 1 is 1.13 bits per heavy atom. The summed E-state index contributed by atoms with van der Waals surface area (Å²) in [5.74, 6) is 0.00783. The second-order valence-electron chi connectivity index (χ2n) is 7.12.